The molecule has 1 unspecified atom stereocenters. The van der Waals surface area contributed by atoms with Gasteiger partial charge in [0.05, 0.1) is 0 Å². The fraction of sp³-hybridized carbons (Fsp3) is 0.697. The summed E-state index contributed by atoms with van der Waals surface area (Å²) >= 11 is 0. The standard InChI is InChI=1S/C33H56Si/c1-4-6-7-8-9-10-11-12-13-14-15-16-17-18-19-23-30-34(3,32-27-21-20-22-28-32)33-29-24-26-31(33)25-5-2/h20-22,26-29H,4-19,23-25,30H2,1-3H3. The normalized spacial score (nSPS) is 15.3. The van der Waals surface area contributed by atoms with E-state index >= 15 is 0 Å². The lowest BCUT2D eigenvalue weighted by atomic mass is 10.0. The zero-order valence-corrected chi connectivity index (χ0v) is 24.2. The van der Waals surface area contributed by atoms with E-state index in [0.717, 1.165) is 0 Å². The average Bonchev–Trinajstić information content (AvgIpc) is 3.33. The van der Waals surface area contributed by atoms with Crippen molar-refractivity contribution in [2.75, 3.05) is 0 Å². The number of hydrogen-bond donors (Lipinski definition) is 0. The Morgan fingerprint density at radius 3 is 1.59 bits per heavy atom. The molecule has 2 rings (SSSR count). The molecule has 1 aromatic rings. The predicted molar refractivity (Wildman–Crippen MR) is 158 cm³/mol. The Kier molecular flexibility index (Phi) is 15.6. The molecule has 0 bridgehead atoms. The fourth-order valence-corrected chi connectivity index (χ4v) is 10.2. The molecule has 0 fully saturated rings. The second-order valence-corrected chi connectivity index (χ2v) is 15.4. The molecule has 1 atom stereocenters. The fourth-order valence-electron chi connectivity index (χ4n) is 5.91. The first kappa shape index (κ1) is 29.1. The minimum atomic E-state index is -1.61. The van der Waals surface area contributed by atoms with E-state index in [2.05, 4.69) is 62.9 Å². The van der Waals surface area contributed by atoms with Crippen molar-refractivity contribution >= 4 is 13.3 Å². The highest BCUT2D eigenvalue weighted by molar-refractivity contribution is 6.97. The molecule has 0 N–H and O–H groups in total. The maximum Gasteiger partial charge on any atom is 0.115 e. The molecule has 1 aromatic carbocycles. The Hall–Kier alpha value is -1.08. The van der Waals surface area contributed by atoms with E-state index < -0.39 is 8.07 Å². The van der Waals surface area contributed by atoms with Gasteiger partial charge in [-0.3, -0.25) is 0 Å². The minimum Gasteiger partial charge on any atom is -0.0808 e. The van der Waals surface area contributed by atoms with Crippen molar-refractivity contribution in [3.05, 3.63) is 53.3 Å². The molecule has 0 aromatic heterocycles. The van der Waals surface area contributed by atoms with Gasteiger partial charge in [-0.05, 0) is 18.9 Å². The van der Waals surface area contributed by atoms with Gasteiger partial charge in [0.15, 0.2) is 0 Å². The molecule has 1 aliphatic carbocycles. The topological polar surface area (TPSA) is 0 Å². The van der Waals surface area contributed by atoms with Crippen LogP contribution in [0.4, 0.5) is 0 Å². The Labute approximate surface area is 214 Å². The summed E-state index contributed by atoms with van der Waals surface area (Å²) in [6.45, 7) is 7.28. The van der Waals surface area contributed by atoms with E-state index in [4.69, 9.17) is 0 Å². The first-order valence-corrected chi connectivity index (χ1v) is 17.9. The quantitative estimate of drug-likeness (QED) is 0.121. The van der Waals surface area contributed by atoms with Crippen LogP contribution in [0, 0.1) is 0 Å². The molecular weight excluding hydrogens is 424 g/mol. The van der Waals surface area contributed by atoms with Crippen LogP contribution in [-0.2, 0) is 0 Å². The van der Waals surface area contributed by atoms with E-state index in [1.54, 1.807) is 16.0 Å². The zero-order valence-electron chi connectivity index (χ0n) is 23.2. The Morgan fingerprint density at radius 2 is 1.09 bits per heavy atom. The van der Waals surface area contributed by atoms with Crippen LogP contribution < -0.4 is 5.19 Å². The van der Waals surface area contributed by atoms with Gasteiger partial charge in [0.2, 0.25) is 0 Å². The Bertz CT molecular complexity index is 686. The molecule has 192 valence electrons. The average molecular weight is 481 g/mol. The number of allylic oxidation sites excluding steroid dienone is 4. The largest absolute Gasteiger partial charge is 0.115 e. The zero-order chi connectivity index (χ0) is 24.3. The number of rotatable bonds is 21. The first-order chi connectivity index (χ1) is 16.7. The van der Waals surface area contributed by atoms with Gasteiger partial charge in [0.25, 0.3) is 0 Å². The lowest BCUT2D eigenvalue weighted by Crippen LogP contribution is -2.47. The van der Waals surface area contributed by atoms with Crippen molar-refractivity contribution in [1.82, 2.24) is 0 Å². The van der Waals surface area contributed by atoms with Crippen LogP contribution in [0.5, 0.6) is 0 Å². The van der Waals surface area contributed by atoms with E-state index in [-0.39, 0.29) is 0 Å². The van der Waals surface area contributed by atoms with Crippen molar-refractivity contribution in [2.45, 2.75) is 148 Å². The molecular formula is C33H56Si. The molecule has 0 radical (unpaired) electrons. The lowest BCUT2D eigenvalue weighted by Gasteiger charge is -2.32. The van der Waals surface area contributed by atoms with Gasteiger partial charge in [-0.15, -0.1) is 0 Å². The van der Waals surface area contributed by atoms with E-state index in [1.807, 2.05) is 0 Å². The van der Waals surface area contributed by atoms with Crippen LogP contribution in [-0.4, -0.2) is 8.07 Å². The summed E-state index contributed by atoms with van der Waals surface area (Å²) in [7, 11) is -1.61. The van der Waals surface area contributed by atoms with Crippen molar-refractivity contribution in [2.24, 2.45) is 0 Å². The molecule has 1 aliphatic rings. The first-order valence-electron chi connectivity index (χ1n) is 15.2. The Balaban J connectivity index is 1.58. The van der Waals surface area contributed by atoms with E-state index in [9.17, 15) is 0 Å². The van der Waals surface area contributed by atoms with Crippen LogP contribution >= 0.6 is 0 Å². The summed E-state index contributed by atoms with van der Waals surface area (Å²) in [5.41, 5.74) is 1.68. The van der Waals surface area contributed by atoms with Crippen molar-refractivity contribution in [1.29, 1.82) is 0 Å². The van der Waals surface area contributed by atoms with Gasteiger partial charge in [0.1, 0.15) is 8.07 Å². The summed E-state index contributed by atoms with van der Waals surface area (Å²) in [4.78, 5) is 0. The molecule has 0 amide bonds. The SMILES string of the molecule is CCCCCCCCCCCCCCCCCC[Si](C)(C1=CCC=C1CCC)c1ccccc1. The molecule has 34 heavy (non-hydrogen) atoms. The molecule has 0 nitrogen and oxygen atoms in total. The van der Waals surface area contributed by atoms with Crippen LogP contribution in [0.3, 0.4) is 0 Å². The number of benzene rings is 1. The predicted octanol–water partition coefficient (Wildman–Crippen LogP) is 10.8. The molecule has 0 saturated carbocycles. The van der Waals surface area contributed by atoms with E-state index in [1.165, 1.54) is 128 Å². The van der Waals surface area contributed by atoms with Crippen LogP contribution in [0.2, 0.25) is 12.6 Å². The third-order valence-electron chi connectivity index (χ3n) is 8.09. The summed E-state index contributed by atoms with van der Waals surface area (Å²) in [5, 5.41) is 3.41. The number of unbranched alkanes of at least 4 members (excludes halogenated alkanes) is 15. The van der Waals surface area contributed by atoms with Crippen LogP contribution in [0.25, 0.3) is 0 Å². The van der Waals surface area contributed by atoms with Crippen LogP contribution in [0.1, 0.15) is 136 Å². The molecule has 1 heteroatoms. The van der Waals surface area contributed by atoms with Crippen molar-refractivity contribution in [3.8, 4) is 0 Å². The van der Waals surface area contributed by atoms with Gasteiger partial charge < -0.3 is 0 Å². The third kappa shape index (κ3) is 10.7. The maximum absolute atomic E-state index is 2.65. The van der Waals surface area contributed by atoms with Gasteiger partial charge in [-0.2, -0.15) is 0 Å². The molecule has 0 spiro atoms. The van der Waals surface area contributed by atoms with Crippen LogP contribution in [0.15, 0.2) is 53.3 Å². The van der Waals surface area contributed by atoms with E-state index in [0.29, 0.717) is 0 Å². The maximum atomic E-state index is 2.65. The second-order valence-electron chi connectivity index (χ2n) is 11.1. The third-order valence-corrected chi connectivity index (χ3v) is 12.8. The summed E-state index contributed by atoms with van der Waals surface area (Å²) < 4.78 is 0. The van der Waals surface area contributed by atoms with Crippen molar-refractivity contribution in [3.63, 3.8) is 0 Å². The lowest BCUT2D eigenvalue weighted by molar-refractivity contribution is 0.531. The minimum absolute atomic E-state index is 1.17. The van der Waals surface area contributed by atoms with Gasteiger partial charge >= 0.3 is 0 Å². The van der Waals surface area contributed by atoms with Gasteiger partial charge in [-0.1, -0.05) is 188 Å². The highest BCUT2D eigenvalue weighted by Crippen LogP contribution is 2.34. The molecule has 0 aliphatic heterocycles. The second kappa shape index (κ2) is 18.2. The highest BCUT2D eigenvalue weighted by Gasteiger charge is 2.35. The molecule has 0 heterocycles. The van der Waals surface area contributed by atoms with Gasteiger partial charge in [-0.25, -0.2) is 0 Å². The van der Waals surface area contributed by atoms with Gasteiger partial charge in [0, 0.05) is 0 Å². The highest BCUT2D eigenvalue weighted by atomic mass is 28.3. The van der Waals surface area contributed by atoms with Crippen molar-refractivity contribution < 1.29 is 0 Å². The summed E-state index contributed by atoms with van der Waals surface area (Å²) in [5.74, 6) is 0. The number of hydrogen-bond acceptors (Lipinski definition) is 0. The monoisotopic (exact) mass is 480 g/mol. The summed E-state index contributed by atoms with van der Waals surface area (Å²) in [6.07, 6.45) is 32.0. The Morgan fingerprint density at radius 1 is 0.588 bits per heavy atom. The summed E-state index contributed by atoms with van der Waals surface area (Å²) in [6, 6.07) is 12.9. The smallest absolute Gasteiger partial charge is 0.0808 e. The molecule has 0 saturated heterocycles.